The fourth-order valence-electron chi connectivity index (χ4n) is 1.38. The highest BCUT2D eigenvalue weighted by Gasteiger charge is 2.18. The standard InChI is InChI=1S/C11H11BrN2O2S2/c1-7-5-10(17-11(7)12)18(15,16)14-9-3-4-13-8(2)6-9/h3-6H,1-2H3,(H,13,14). The molecule has 0 aliphatic heterocycles. The molecule has 0 radical (unpaired) electrons. The maximum atomic E-state index is 12.1. The first-order chi connectivity index (χ1) is 8.38. The van der Waals surface area contributed by atoms with Crippen LogP contribution in [-0.2, 0) is 10.0 Å². The number of anilines is 1. The summed E-state index contributed by atoms with van der Waals surface area (Å²) in [6, 6.07) is 4.96. The Hall–Kier alpha value is -0.920. The molecular formula is C11H11BrN2O2S2. The summed E-state index contributed by atoms with van der Waals surface area (Å²) in [6.07, 6.45) is 1.57. The van der Waals surface area contributed by atoms with E-state index in [0.29, 0.717) is 9.90 Å². The van der Waals surface area contributed by atoms with Crippen molar-refractivity contribution in [3.63, 3.8) is 0 Å². The van der Waals surface area contributed by atoms with Crippen LogP contribution in [0.1, 0.15) is 11.3 Å². The third kappa shape index (κ3) is 2.90. The minimum Gasteiger partial charge on any atom is -0.279 e. The van der Waals surface area contributed by atoms with E-state index in [1.165, 1.54) is 11.3 Å². The van der Waals surface area contributed by atoms with E-state index < -0.39 is 10.0 Å². The number of aryl methyl sites for hydroxylation is 2. The number of aromatic nitrogens is 1. The fraction of sp³-hybridized carbons (Fsp3) is 0.182. The average Bonchev–Trinajstić information content (AvgIpc) is 2.59. The molecule has 0 atom stereocenters. The second kappa shape index (κ2) is 4.99. The first-order valence-corrected chi connectivity index (χ1v) is 8.19. The molecule has 18 heavy (non-hydrogen) atoms. The third-order valence-corrected chi connectivity index (χ3v) is 6.24. The van der Waals surface area contributed by atoms with E-state index in [1.54, 1.807) is 24.4 Å². The Balaban J connectivity index is 2.33. The monoisotopic (exact) mass is 346 g/mol. The maximum absolute atomic E-state index is 12.1. The first kappa shape index (κ1) is 13.5. The molecule has 0 saturated carbocycles. The SMILES string of the molecule is Cc1cc(NS(=O)(=O)c2cc(C)c(Br)s2)ccn1. The Morgan fingerprint density at radius 3 is 2.61 bits per heavy atom. The predicted molar refractivity (Wildman–Crippen MR) is 76.5 cm³/mol. The summed E-state index contributed by atoms with van der Waals surface area (Å²) in [5.74, 6) is 0. The van der Waals surface area contributed by atoms with Crippen LogP contribution in [0.2, 0.25) is 0 Å². The van der Waals surface area contributed by atoms with E-state index in [4.69, 9.17) is 0 Å². The topological polar surface area (TPSA) is 59.1 Å². The van der Waals surface area contributed by atoms with Gasteiger partial charge in [-0.25, -0.2) is 8.42 Å². The molecular weight excluding hydrogens is 336 g/mol. The molecule has 96 valence electrons. The van der Waals surface area contributed by atoms with Gasteiger partial charge in [0, 0.05) is 11.9 Å². The lowest BCUT2D eigenvalue weighted by Gasteiger charge is -2.06. The quantitative estimate of drug-likeness (QED) is 0.927. The van der Waals surface area contributed by atoms with Gasteiger partial charge in [0.1, 0.15) is 4.21 Å². The van der Waals surface area contributed by atoms with Crippen molar-refractivity contribution in [1.82, 2.24) is 4.98 Å². The molecule has 7 heteroatoms. The molecule has 2 heterocycles. The Kier molecular flexibility index (Phi) is 3.74. The summed E-state index contributed by atoms with van der Waals surface area (Å²) in [4.78, 5) is 4.02. The van der Waals surface area contributed by atoms with Crippen molar-refractivity contribution in [3.05, 3.63) is 39.4 Å². The number of nitrogens with one attached hydrogen (secondary N) is 1. The molecule has 0 bridgehead atoms. The fourth-order valence-corrected chi connectivity index (χ4v) is 4.65. The summed E-state index contributed by atoms with van der Waals surface area (Å²) in [5, 5.41) is 0. The number of thiophene rings is 1. The van der Waals surface area contributed by atoms with Gasteiger partial charge in [-0.3, -0.25) is 9.71 Å². The normalized spacial score (nSPS) is 11.5. The van der Waals surface area contributed by atoms with Gasteiger partial charge in [-0.15, -0.1) is 11.3 Å². The van der Waals surface area contributed by atoms with Crippen LogP contribution < -0.4 is 4.72 Å². The largest absolute Gasteiger partial charge is 0.279 e. The highest BCUT2D eigenvalue weighted by Crippen LogP contribution is 2.31. The molecule has 2 aromatic rings. The number of pyridine rings is 1. The number of hydrogen-bond donors (Lipinski definition) is 1. The van der Waals surface area contributed by atoms with Crippen molar-refractivity contribution in [2.45, 2.75) is 18.1 Å². The van der Waals surface area contributed by atoms with Crippen LogP contribution in [0.15, 0.2) is 32.4 Å². The van der Waals surface area contributed by atoms with E-state index in [-0.39, 0.29) is 0 Å². The second-order valence-corrected chi connectivity index (χ2v) is 8.09. The zero-order valence-electron chi connectivity index (χ0n) is 9.77. The van der Waals surface area contributed by atoms with Crippen LogP contribution in [0.4, 0.5) is 5.69 Å². The van der Waals surface area contributed by atoms with Gasteiger partial charge in [0.2, 0.25) is 0 Å². The predicted octanol–water partition coefficient (Wildman–Crippen LogP) is 3.32. The summed E-state index contributed by atoms with van der Waals surface area (Å²) in [5.41, 5.74) is 2.19. The van der Waals surface area contributed by atoms with Crippen molar-refractivity contribution < 1.29 is 8.42 Å². The Morgan fingerprint density at radius 1 is 1.33 bits per heavy atom. The molecule has 0 aliphatic carbocycles. The van der Waals surface area contributed by atoms with Crippen LogP contribution in [0.3, 0.4) is 0 Å². The van der Waals surface area contributed by atoms with Gasteiger partial charge in [0.05, 0.1) is 9.47 Å². The van der Waals surface area contributed by atoms with Gasteiger partial charge < -0.3 is 0 Å². The molecule has 0 saturated heterocycles. The minimum atomic E-state index is -3.52. The number of sulfonamides is 1. The molecule has 0 aliphatic rings. The summed E-state index contributed by atoms with van der Waals surface area (Å²) < 4.78 is 27.9. The average molecular weight is 347 g/mol. The van der Waals surface area contributed by atoms with Crippen LogP contribution >= 0.6 is 27.3 Å². The molecule has 4 nitrogen and oxygen atoms in total. The number of rotatable bonds is 3. The van der Waals surface area contributed by atoms with E-state index in [2.05, 4.69) is 25.6 Å². The second-order valence-electron chi connectivity index (χ2n) is 3.81. The third-order valence-electron chi connectivity index (χ3n) is 2.25. The summed E-state index contributed by atoms with van der Waals surface area (Å²) in [7, 11) is -3.52. The lowest BCUT2D eigenvalue weighted by atomic mass is 10.3. The van der Waals surface area contributed by atoms with Crippen molar-refractivity contribution >= 4 is 43.0 Å². The molecule has 0 amide bonds. The van der Waals surface area contributed by atoms with Gasteiger partial charge in [-0.1, -0.05) is 0 Å². The van der Waals surface area contributed by atoms with E-state index in [1.807, 2.05) is 13.8 Å². The molecule has 0 unspecified atom stereocenters. The smallest absolute Gasteiger partial charge is 0.271 e. The van der Waals surface area contributed by atoms with Gasteiger partial charge in [0.25, 0.3) is 10.0 Å². The number of halogens is 1. The molecule has 2 aromatic heterocycles. The van der Waals surface area contributed by atoms with E-state index >= 15 is 0 Å². The molecule has 0 spiro atoms. The Bertz CT molecular complexity index is 661. The van der Waals surface area contributed by atoms with Gasteiger partial charge in [-0.05, 0) is 53.5 Å². The minimum absolute atomic E-state index is 0.293. The molecule has 2 rings (SSSR count). The summed E-state index contributed by atoms with van der Waals surface area (Å²) in [6.45, 7) is 3.67. The van der Waals surface area contributed by atoms with Crippen molar-refractivity contribution in [2.75, 3.05) is 4.72 Å². The van der Waals surface area contributed by atoms with Gasteiger partial charge in [-0.2, -0.15) is 0 Å². The van der Waals surface area contributed by atoms with Crippen LogP contribution in [0.5, 0.6) is 0 Å². The van der Waals surface area contributed by atoms with Crippen LogP contribution in [0, 0.1) is 13.8 Å². The first-order valence-electron chi connectivity index (χ1n) is 5.10. The van der Waals surface area contributed by atoms with Crippen molar-refractivity contribution in [3.8, 4) is 0 Å². The van der Waals surface area contributed by atoms with Crippen LogP contribution in [-0.4, -0.2) is 13.4 Å². The van der Waals surface area contributed by atoms with Gasteiger partial charge in [0.15, 0.2) is 0 Å². The Labute approximate surface area is 118 Å². The number of hydrogen-bond acceptors (Lipinski definition) is 4. The maximum Gasteiger partial charge on any atom is 0.271 e. The number of nitrogens with zero attached hydrogens (tertiary/aromatic N) is 1. The zero-order valence-corrected chi connectivity index (χ0v) is 13.0. The molecule has 0 fully saturated rings. The lowest BCUT2D eigenvalue weighted by Crippen LogP contribution is -2.11. The molecule has 0 aromatic carbocycles. The van der Waals surface area contributed by atoms with Crippen molar-refractivity contribution in [2.24, 2.45) is 0 Å². The Morgan fingerprint density at radius 2 is 2.06 bits per heavy atom. The summed E-state index contributed by atoms with van der Waals surface area (Å²) >= 11 is 4.52. The van der Waals surface area contributed by atoms with Gasteiger partial charge >= 0.3 is 0 Å². The van der Waals surface area contributed by atoms with E-state index in [9.17, 15) is 8.42 Å². The van der Waals surface area contributed by atoms with Crippen LogP contribution in [0.25, 0.3) is 0 Å². The highest BCUT2D eigenvalue weighted by atomic mass is 79.9. The zero-order chi connectivity index (χ0) is 13.3. The molecule has 1 N–H and O–H groups in total. The lowest BCUT2D eigenvalue weighted by molar-refractivity contribution is 0.603. The van der Waals surface area contributed by atoms with E-state index in [0.717, 1.165) is 15.0 Å². The highest BCUT2D eigenvalue weighted by molar-refractivity contribution is 9.11. The van der Waals surface area contributed by atoms with Crippen molar-refractivity contribution in [1.29, 1.82) is 0 Å².